The molecule has 0 fully saturated rings. The fraction of sp³-hybridized carbons (Fsp3) is 0.500. The molecule has 152 valence electrons. The van der Waals surface area contributed by atoms with E-state index >= 15 is 0 Å². The highest BCUT2D eigenvalue weighted by Gasteiger charge is 2.25. The van der Waals surface area contributed by atoms with Crippen LogP contribution in [-0.4, -0.2) is 61.6 Å². The van der Waals surface area contributed by atoms with Crippen molar-refractivity contribution in [2.24, 2.45) is 0 Å². The smallest absolute Gasteiger partial charge is 0.232 e. The minimum atomic E-state index is -1.19. The van der Waals surface area contributed by atoms with Crippen molar-refractivity contribution in [3.05, 3.63) is 35.1 Å². The standard InChI is InChI=1S/C18H24F2N6O2/c1-27-7-6-21-16-23-17(22-8-13(19)11-28-2)25-18(24-16)26-9-12-4-3-5-15(20)14(12)10-26/h3-5,13H,6-11H2,1-2H3,(H2,21,22,23,24,25). The molecule has 3 rings (SSSR count). The highest BCUT2D eigenvalue weighted by Crippen LogP contribution is 2.28. The lowest BCUT2D eigenvalue weighted by Gasteiger charge is -2.18. The minimum Gasteiger partial charge on any atom is -0.383 e. The number of halogens is 2. The first kappa shape index (κ1) is 20.2. The number of rotatable bonds is 10. The molecule has 1 aromatic carbocycles. The summed E-state index contributed by atoms with van der Waals surface area (Å²) in [5.41, 5.74) is 1.53. The van der Waals surface area contributed by atoms with Crippen molar-refractivity contribution in [2.45, 2.75) is 19.3 Å². The number of fused-ring (bicyclic) bond motifs is 1. The van der Waals surface area contributed by atoms with Gasteiger partial charge in [0.2, 0.25) is 17.8 Å². The Bertz CT molecular complexity index is 795. The van der Waals surface area contributed by atoms with Gasteiger partial charge in [-0.15, -0.1) is 0 Å². The molecule has 1 unspecified atom stereocenters. The molecule has 0 aliphatic carbocycles. The average Bonchev–Trinajstić information content (AvgIpc) is 3.13. The second kappa shape index (κ2) is 9.56. The molecule has 8 nitrogen and oxygen atoms in total. The molecule has 28 heavy (non-hydrogen) atoms. The largest absolute Gasteiger partial charge is 0.383 e. The summed E-state index contributed by atoms with van der Waals surface area (Å²) in [7, 11) is 3.04. The molecule has 2 N–H and O–H groups in total. The molecule has 1 aliphatic rings. The number of aromatic nitrogens is 3. The topological polar surface area (TPSA) is 84.4 Å². The Kier molecular flexibility index (Phi) is 6.88. The summed E-state index contributed by atoms with van der Waals surface area (Å²) < 4.78 is 37.6. The number of hydrogen-bond donors (Lipinski definition) is 2. The fourth-order valence-electron chi connectivity index (χ4n) is 2.89. The molecule has 0 spiro atoms. The quantitative estimate of drug-likeness (QED) is 0.592. The van der Waals surface area contributed by atoms with E-state index < -0.39 is 6.17 Å². The number of nitrogens with zero attached hydrogens (tertiary/aromatic N) is 4. The molecule has 2 heterocycles. The lowest BCUT2D eigenvalue weighted by atomic mass is 10.1. The Morgan fingerprint density at radius 1 is 1.11 bits per heavy atom. The van der Waals surface area contributed by atoms with E-state index in [0.29, 0.717) is 43.7 Å². The molecule has 0 saturated heterocycles. The van der Waals surface area contributed by atoms with Gasteiger partial charge in [-0.2, -0.15) is 15.0 Å². The molecule has 1 atom stereocenters. The van der Waals surface area contributed by atoms with Gasteiger partial charge in [-0.3, -0.25) is 0 Å². The van der Waals surface area contributed by atoms with Crippen LogP contribution >= 0.6 is 0 Å². The van der Waals surface area contributed by atoms with Crippen LogP contribution < -0.4 is 15.5 Å². The van der Waals surface area contributed by atoms with Gasteiger partial charge < -0.3 is 25.0 Å². The second-order valence-corrected chi connectivity index (χ2v) is 6.37. The maximum absolute atomic E-state index is 14.1. The molecular formula is C18H24F2N6O2. The summed E-state index contributed by atoms with van der Waals surface area (Å²) >= 11 is 0. The lowest BCUT2D eigenvalue weighted by molar-refractivity contribution is 0.130. The number of methoxy groups -OCH3 is 2. The van der Waals surface area contributed by atoms with E-state index in [1.807, 2.05) is 11.0 Å². The summed E-state index contributed by atoms with van der Waals surface area (Å²) in [4.78, 5) is 14.9. The van der Waals surface area contributed by atoms with Crippen LogP contribution in [0.5, 0.6) is 0 Å². The van der Waals surface area contributed by atoms with E-state index in [1.54, 1.807) is 13.2 Å². The fourth-order valence-corrected chi connectivity index (χ4v) is 2.89. The molecule has 1 aromatic heterocycles. The average molecular weight is 394 g/mol. The first-order valence-electron chi connectivity index (χ1n) is 8.97. The second-order valence-electron chi connectivity index (χ2n) is 6.37. The predicted molar refractivity (Wildman–Crippen MR) is 102 cm³/mol. The molecule has 0 amide bonds. The van der Waals surface area contributed by atoms with E-state index in [-0.39, 0.29) is 24.9 Å². The van der Waals surface area contributed by atoms with E-state index in [2.05, 4.69) is 25.6 Å². The number of hydrogen-bond acceptors (Lipinski definition) is 8. The van der Waals surface area contributed by atoms with Crippen molar-refractivity contribution in [1.29, 1.82) is 0 Å². The van der Waals surface area contributed by atoms with Gasteiger partial charge in [0, 0.05) is 39.4 Å². The van der Waals surface area contributed by atoms with E-state index in [4.69, 9.17) is 9.47 Å². The van der Waals surface area contributed by atoms with Crippen molar-refractivity contribution in [1.82, 2.24) is 15.0 Å². The minimum absolute atomic E-state index is 0.00363. The Morgan fingerprint density at radius 2 is 1.89 bits per heavy atom. The molecule has 2 aromatic rings. The van der Waals surface area contributed by atoms with Crippen molar-refractivity contribution >= 4 is 17.8 Å². The third-order valence-electron chi connectivity index (χ3n) is 4.25. The summed E-state index contributed by atoms with van der Waals surface area (Å²) in [5, 5.41) is 5.92. The summed E-state index contributed by atoms with van der Waals surface area (Å²) in [6.07, 6.45) is -1.19. The number of benzene rings is 1. The Labute approximate surface area is 162 Å². The van der Waals surface area contributed by atoms with Crippen LogP contribution in [0.15, 0.2) is 18.2 Å². The van der Waals surface area contributed by atoms with E-state index in [0.717, 1.165) is 5.56 Å². The zero-order chi connectivity index (χ0) is 19.9. The van der Waals surface area contributed by atoms with Gasteiger partial charge in [0.25, 0.3) is 0 Å². The maximum atomic E-state index is 14.1. The lowest BCUT2D eigenvalue weighted by Crippen LogP contribution is -2.24. The zero-order valence-electron chi connectivity index (χ0n) is 15.9. The van der Waals surface area contributed by atoms with Crippen LogP contribution in [0.2, 0.25) is 0 Å². The highest BCUT2D eigenvalue weighted by molar-refractivity contribution is 5.48. The van der Waals surface area contributed by atoms with Gasteiger partial charge >= 0.3 is 0 Å². The molecule has 0 bridgehead atoms. The number of nitrogens with one attached hydrogen (secondary N) is 2. The van der Waals surface area contributed by atoms with Gasteiger partial charge in [0.05, 0.1) is 19.8 Å². The highest BCUT2D eigenvalue weighted by atomic mass is 19.1. The molecule has 10 heteroatoms. The third-order valence-corrected chi connectivity index (χ3v) is 4.25. The van der Waals surface area contributed by atoms with Gasteiger partial charge in [-0.05, 0) is 11.6 Å². The summed E-state index contributed by atoms with van der Waals surface area (Å²) in [6, 6.07) is 5.01. The molecular weight excluding hydrogens is 370 g/mol. The van der Waals surface area contributed by atoms with E-state index in [1.165, 1.54) is 13.2 Å². The van der Waals surface area contributed by atoms with Gasteiger partial charge in [-0.25, -0.2) is 8.78 Å². The van der Waals surface area contributed by atoms with Crippen molar-refractivity contribution in [3.63, 3.8) is 0 Å². The zero-order valence-corrected chi connectivity index (χ0v) is 15.9. The van der Waals surface area contributed by atoms with Gasteiger partial charge in [0.1, 0.15) is 12.0 Å². The Balaban J connectivity index is 1.78. The van der Waals surface area contributed by atoms with Gasteiger partial charge in [-0.1, -0.05) is 12.1 Å². The molecule has 0 radical (unpaired) electrons. The predicted octanol–water partition coefficient (Wildman–Crippen LogP) is 1.99. The number of anilines is 3. The first-order valence-corrected chi connectivity index (χ1v) is 8.97. The SMILES string of the molecule is COCCNc1nc(NCC(F)COC)nc(N2Cc3cccc(F)c3C2)n1. The van der Waals surface area contributed by atoms with Crippen molar-refractivity contribution in [2.75, 3.05) is 56.1 Å². The Hall–Kier alpha value is -2.59. The molecule has 1 aliphatic heterocycles. The van der Waals surface area contributed by atoms with Crippen LogP contribution in [0.3, 0.4) is 0 Å². The monoisotopic (exact) mass is 394 g/mol. The van der Waals surface area contributed by atoms with Crippen LogP contribution in [0.25, 0.3) is 0 Å². The third kappa shape index (κ3) is 5.02. The summed E-state index contributed by atoms with van der Waals surface area (Å²) in [5.74, 6) is 0.712. The van der Waals surface area contributed by atoms with Crippen molar-refractivity contribution in [3.8, 4) is 0 Å². The van der Waals surface area contributed by atoms with Crippen LogP contribution in [0, 0.1) is 5.82 Å². The van der Waals surface area contributed by atoms with Crippen LogP contribution in [0.1, 0.15) is 11.1 Å². The van der Waals surface area contributed by atoms with Crippen LogP contribution in [-0.2, 0) is 22.6 Å². The van der Waals surface area contributed by atoms with Gasteiger partial charge in [0.15, 0.2) is 0 Å². The normalized spacial score (nSPS) is 14.1. The number of alkyl halides is 1. The van der Waals surface area contributed by atoms with Crippen molar-refractivity contribution < 1.29 is 18.3 Å². The van der Waals surface area contributed by atoms with Crippen LogP contribution in [0.4, 0.5) is 26.6 Å². The first-order chi connectivity index (χ1) is 13.6. The van der Waals surface area contributed by atoms with E-state index in [9.17, 15) is 8.78 Å². The number of ether oxygens (including phenoxy) is 2. The Morgan fingerprint density at radius 3 is 2.61 bits per heavy atom. The maximum Gasteiger partial charge on any atom is 0.232 e. The summed E-state index contributed by atoms with van der Waals surface area (Å²) in [6.45, 7) is 1.81. The molecule has 0 saturated carbocycles.